The topological polar surface area (TPSA) is 87.0 Å². The van der Waals surface area contributed by atoms with Crippen LogP contribution >= 0.6 is 41.4 Å². The molecule has 146 valence electrons. The Morgan fingerprint density at radius 1 is 0.739 bits per heavy atom. The molecule has 7 N–H and O–H groups in total. The van der Waals surface area contributed by atoms with Crippen molar-refractivity contribution in [2.45, 2.75) is 82.6 Å². The van der Waals surface area contributed by atoms with E-state index in [1.807, 2.05) is 57.8 Å². The van der Waals surface area contributed by atoms with E-state index in [0.29, 0.717) is 0 Å². The van der Waals surface area contributed by atoms with Crippen LogP contribution in [0.25, 0.3) is 0 Å². The zero-order valence-corrected chi connectivity index (χ0v) is 22.4. The fourth-order valence-corrected chi connectivity index (χ4v) is 0. The Kier molecular flexibility index (Phi) is 2050. The first-order chi connectivity index (χ1) is 8.24. The molecule has 0 heterocycles. The molecule has 10 heteroatoms. The molecule has 0 rings (SSSR count). The van der Waals surface area contributed by atoms with Crippen molar-refractivity contribution >= 4 is 66.6 Å². The van der Waals surface area contributed by atoms with Gasteiger partial charge < -0.3 is 39.7 Å². The molecular weight excluding hydrogens is 470 g/mol. The number of halogens is 1. The molecule has 10 radical (unpaired) electrons. The number of rotatable bonds is 0. The molecule has 0 aromatic rings. The molecule has 3 nitrogen and oxygen atoms in total. The summed E-state index contributed by atoms with van der Waals surface area (Å²) in [5.74, 6) is 0. The zero-order chi connectivity index (χ0) is 16.1. The van der Waals surface area contributed by atoms with E-state index in [1.165, 1.54) is 12.8 Å². The van der Waals surface area contributed by atoms with Crippen LogP contribution in [0.15, 0.2) is 0 Å². The van der Waals surface area contributed by atoms with Crippen molar-refractivity contribution in [1.29, 1.82) is 0 Å². The van der Waals surface area contributed by atoms with E-state index in [2.05, 4.69) is 61.3 Å². The summed E-state index contributed by atoms with van der Waals surface area (Å²) in [5.41, 5.74) is 8.83. The molecule has 0 aliphatic rings. The van der Waals surface area contributed by atoms with Gasteiger partial charge in [0.1, 0.15) is 0 Å². The van der Waals surface area contributed by atoms with E-state index in [-0.39, 0.29) is 57.4 Å². The first kappa shape index (κ1) is 99.0. The normalized spacial score (nSPS) is 3.39. The Morgan fingerprint density at radius 2 is 0.739 bits per heavy atom. The monoisotopic (exact) mass is 518 g/mol. The van der Waals surface area contributed by atoms with Crippen LogP contribution in [0, 0.1) is 4.43 Å². The maximum Gasteiger partial charge on any atom is 0 e. The van der Waals surface area contributed by atoms with Crippen LogP contribution in [-0.4, -0.2) is 25.2 Å². The molecule has 0 saturated carbocycles. The van der Waals surface area contributed by atoms with Crippen LogP contribution in [0.1, 0.15) is 82.6 Å². The summed E-state index contributed by atoms with van der Waals surface area (Å²) in [6.45, 7) is 18.5. The smallest absolute Gasteiger partial charge is 0 e. The van der Waals surface area contributed by atoms with Crippen molar-refractivity contribution in [2.24, 2.45) is 11.0 Å². The van der Waals surface area contributed by atoms with Crippen LogP contribution in [0.4, 0.5) is 0 Å². The molecule has 0 aliphatic heterocycles. The first-order valence-corrected chi connectivity index (χ1v) is 8.87. The summed E-state index contributed by atoms with van der Waals surface area (Å²) in [5, 5.41) is 0. The van der Waals surface area contributed by atoms with Gasteiger partial charge in [-0.05, 0) is 0 Å². The standard InChI is InChI=1S/2C3H8.C2H4I.2C2H6.CH4.3B.2H4NP.H3N.V/c2*1-3-2;1-2-3;2*1-2;;;;;2*1-2;;/h2*3H2,1-2H3;2H,1H3;2*1-2H3;1H4;;;;2*1-2H2;1H3;/q;;-1;;;;;;;;;;. The average Bonchev–Trinajstić information content (AvgIpc) is 2.41. The second kappa shape index (κ2) is 476. The van der Waals surface area contributed by atoms with Gasteiger partial charge in [-0.2, -0.15) is 6.92 Å². The predicted molar refractivity (Wildman–Crippen MR) is 135 cm³/mol. The maximum atomic E-state index is 4.42. The van der Waals surface area contributed by atoms with E-state index < -0.39 is 0 Å². The summed E-state index contributed by atoms with van der Waals surface area (Å²) in [7, 11) is 3.83. The van der Waals surface area contributed by atoms with Crippen LogP contribution < -0.4 is 17.2 Å². The van der Waals surface area contributed by atoms with Crippen molar-refractivity contribution in [2.75, 3.05) is 0 Å². The maximum absolute atomic E-state index is 4.42. The van der Waals surface area contributed by atoms with Gasteiger partial charge in [0.15, 0.2) is 0 Å². The van der Waals surface area contributed by atoms with Gasteiger partial charge in [0.2, 0.25) is 0 Å². The Labute approximate surface area is 188 Å². The zero-order valence-electron chi connectivity index (χ0n) is 16.6. The van der Waals surface area contributed by atoms with E-state index in [1.54, 1.807) is 0 Å². The molecule has 2 unspecified atom stereocenters. The Balaban J connectivity index is -0.00000000446. The third-order valence-corrected chi connectivity index (χ3v) is 0. The number of nitrogens with two attached hydrogens (primary N) is 2. The van der Waals surface area contributed by atoms with Crippen LogP contribution in [-0.2, 0) is 18.6 Å². The molecule has 0 spiro atoms. The Hall–Kier alpha value is 2.25. The van der Waals surface area contributed by atoms with Crippen molar-refractivity contribution in [3.05, 3.63) is 4.43 Å². The Bertz CT molecular complexity index is 49.2. The van der Waals surface area contributed by atoms with Gasteiger partial charge >= 0.3 is 0 Å². The van der Waals surface area contributed by atoms with Crippen molar-refractivity contribution in [3.63, 3.8) is 0 Å². The Morgan fingerprint density at radius 3 is 0.739 bits per heavy atom. The molecule has 2 atom stereocenters. The van der Waals surface area contributed by atoms with Gasteiger partial charge in [-0.3, -0.25) is 4.43 Å². The predicted octanol–water partition coefficient (Wildman–Crippen LogP) is 5.61. The summed E-state index contributed by atoms with van der Waals surface area (Å²) in [4.78, 5) is 0. The minimum atomic E-state index is 0. The summed E-state index contributed by atoms with van der Waals surface area (Å²) >= 11 is 2.16. The average molecular weight is 518 g/mol. The molecule has 0 aromatic carbocycles. The fourth-order valence-electron chi connectivity index (χ4n) is 0. The number of hydrogen-bond acceptors (Lipinski definition) is 3. The SMILES string of the molecule is C.CC.CC.CCC.CCC.C[CH-]I.N.NP.NP.[B].[B].[B].[V]. The molecule has 0 bridgehead atoms. The molecular formula is C13H47B3IN3P2V-. The van der Waals surface area contributed by atoms with Gasteiger partial charge in [0.25, 0.3) is 0 Å². The quantitative estimate of drug-likeness (QED) is 0.169. The molecule has 0 fully saturated rings. The third kappa shape index (κ3) is 2370. The number of hydrogen-bond donors (Lipinski definition) is 3. The largest absolute Gasteiger partial charge is 0.344 e. The molecule has 0 saturated heterocycles. The van der Waals surface area contributed by atoms with Gasteiger partial charge in [-0.25, -0.2) is 0 Å². The van der Waals surface area contributed by atoms with Gasteiger partial charge in [-0.1, -0.05) is 94.4 Å². The molecule has 0 amide bonds. The van der Waals surface area contributed by atoms with Gasteiger partial charge in [-0.15, -0.1) is 0 Å². The van der Waals surface area contributed by atoms with Crippen LogP contribution in [0.3, 0.4) is 0 Å². The molecule has 0 aliphatic carbocycles. The van der Waals surface area contributed by atoms with Crippen LogP contribution in [0.2, 0.25) is 0 Å². The second-order valence-electron chi connectivity index (χ2n) is 1.63. The van der Waals surface area contributed by atoms with E-state index in [4.69, 9.17) is 0 Å². The second-order valence-corrected chi connectivity index (χ2v) is 2.88. The summed E-state index contributed by atoms with van der Waals surface area (Å²) in [6.07, 6.45) is 2.50. The fraction of sp³-hybridized carbons (Fsp3) is 0.923. The summed E-state index contributed by atoms with van der Waals surface area (Å²) in [6, 6.07) is 0. The van der Waals surface area contributed by atoms with Crippen molar-refractivity contribution in [1.82, 2.24) is 6.15 Å². The van der Waals surface area contributed by atoms with Crippen molar-refractivity contribution in [3.8, 4) is 0 Å². The third-order valence-electron chi connectivity index (χ3n) is 0. The van der Waals surface area contributed by atoms with E-state index >= 15 is 0 Å². The minimum Gasteiger partial charge on any atom is -0.344 e. The molecule has 23 heavy (non-hydrogen) atoms. The summed E-state index contributed by atoms with van der Waals surface area (Å²) < 4.78 is 1.97. The van der Waals surface area contributed by atoms with E-state index in [0.717, 1.165) is 0 Å². The first-order valence-electron chi connectivity index (χ1n) is 6.29. The minimum absolute atomic E-state index is 0. The van der Waals surface area contributed by atoms with Crippen molar-refractivity contribution < 1.29 is 18.6 Å². The van der Waals surface area contributed by atoms with E-state index in [9.17, 15) is 0 Å². The van der Waals surface area contributed by atoms with Crippen LogP contribution in [0.5, 0.6) is 0 Å². The van der Waals surface area contributed by atoms with Gasteiger partial charge in [0, 0.05) is 43.8 Å². The van der Waals surface area contributed by atoms with Gasteiger partial charge in [0.05, 0.1) is 0 Å². The molecule has 0 aromatic heterocycles.